The molecule has 25 heavy (non-hydrogen) atoms. The third-order valence-electron chi connectivity index (χ3n) is 4.54. The Morgan fingerprint density at radius 2 is 2.04 bits per heavy atom. The molecule has 2 aromatic rings. The quantitative estimate of drug-likeness (QED) is 0.885. The molecule has 2 heterocycles. The van der Waals surface area contributed by atoms with E-state index in [1.807, 2.05) is 29.6 Å². The molecule has 0 saturated carbocycles. The smallest absolute Gasteiger partial charge is 0.411 e. The van der Waals surface area contributed by atoms with Crippen molar-refractivity contribution in [3.63, 3.8) is 0 Å². The highest BCUT2D eigenvalue weighted by molar-refractivity contribution is 7.17. The van der Waals surface area contributed by atoms with Crippen LogP contribution in [0.15, 0.2) is 29.6 Å². The van der Waals surface area contributed by atoms with Crippen LogP contribution < -0.4 is 0 Å². The number of benzene rings is 1. The predicted octanol–water partition coefficient (Wildman–Crippen LogP) is 4.30. The number of carbonyl (C=O) groups excluding carboxylic acids is 1. The molecule has 1 atom stereocenters. The van der Waals surface area contributed by atoms with Crippen molar-refractivity contribution in [1.82, 2.24) is 4.90 Å². The van der Waals surface area contributed by atoms with Gasteiger partial charge in [-0.25, -0.2) is 9.59 Å². The lowest BCUT2D eigenvalue weighted by atomic mass is 9.88. The Hall–Kier alpha value is -2.08. The monoisotopic (exact) mass is 361 g/mol. The van der Waals surface area contributed by atoms with Crippen molar-refractivity contribution < 1.29 is 19.4 Å². The minimum absolute atomic E-state index is 0.297. The summed E-state index contributed by atoms with van der Waals surface area (Å²) in [4.78, 5) is 26.2. The van der Waals surface area contributed by atoms with Gasteiger partial charge in [0.25, 0.3) is 0 Å². The molecule has 134 valence electrons. The predicted molar refractivity (Wildman–Crippen MR) is 98.1 cm³/mol. The lowest BCUT2D eigenvalue weighted by Gasteiger charge is -2.35. The number of carboxylic acid groups (broad SMARTS) is 1. The summed E-state index contributed by atoms with van der Waals surface area (Å²) in [6.07, 6.45) is 0.845. The zero-order chi connectivity index (χ0) is 18.2. The molecule has 3 rings (SSSR count). The molecule has 1 aromatic carbocycles. The molecular weight excluding hydrogens is 338 g/mol. The number of carboxylic acids is 1. The van der Waals surface area contributed by atoms with Gasteiger partial charge in [-0.05, 0) is 56.0 Å². The van der Waals surface area contributed by atoms with Gasteiger partial charge in [-0.1, -0.05) is 18.2 Å². The average Bonchev–Trinajstić information content (AvgIpc) is 3.11. The zero-order valence-corrected chi connectivity index (χ0v) is 15.6. The standard InChI is InChI=1S/C19H23NO4S/c1-18(2,3)24-17(23)20-10-6-9-19(20,16(21)22)11-13-12-25-15-8-5-4-7-14(13)15/h4-5,7-8,12H,6,9-11H2,1-3H3,(H,21,22). The molecule has 1 saturated heterocycles. The fraction of sp³-hybridized carbons (Fsp3) is 0.474. The first-order chi connectivity index (χ1) is 11.7. The summed E-state index contributed by atoms with van der Waals surface area (Å²) < 4.78 is 6.58. The maximum Gasteiger partial charge on any atom is 0.411 e. The first-order valence-corrected chi connectivity index (χ1v) is 9.30. The van der Waals surface area contributed by atoms with Crippen molar-refractivity contribution in [1.29, 1.82) is 0 Å². The third-order valence-corrected chi connectivity index (χ3v) is 5.56. The molecule has 1 aromatic heterocycles. The minimum Gasteiger partial charge on any atom is -0.479 e. The molecule has 0 bridgehead atoms. The number of amides is 1. The van der Waals surface area contributed by atoms with E-state index in [0.29, 0.717) is 25.8 Å². The molecule has 1 amide bonds. The second-order valence-electron chi connectivity index (χ2n) is 7.51. The van der Waals surface area contributed by atoms with Gasteiger partial charge in [-0.2, -0.15) is 0 Å². The largest absolute Gasteiger partial charge is 0.479 e. The lowest BCUT2D eigenvalue weighted by molar-refractivity contribution is -0.149. The van der Waals surface area contributed by atoms with Crippen LogP contribution in [0, 0.1) is 0 Å². The molecule has 1 N–H and O–H groups in total. The Balaban J connectivity index is 1.95. The second kappa shape index (κ2) is 6.33. The molecule has 1 fully saturated rings. The van der Waals surface area contributed by atoms with E-state index in [1.165, 1.54) is 4.90 Å². The van der Waals surface area contributed by atoms with Crippen LogP contribution in [0.1, 0.15) is 39.2 Å². The van der Waals surface area contributed by atoms with E-state index in [4.69, 9.17) is 4.74 Å². The van der Waals surface area contributed by atoms with E-state index in [1.54, 1.807) is 32.1 Å². The van der Waals surface area contributed by atoms with E-state index >= 15 is 0 Å². The first kappa shape index (κ1) is 17.7. The topological polar surface area (TPSA) is 66.8 Å². The van der Waals surface area contributed by atoms with E-state index in [2.05, 4.69) is 0 Å². The van der Waals surface area contributed by atoms with Gasteiger partial charge >= 0.3 is 12.1 Å². The Kier molecular flexibility index (Phi) is 4.49. The average molecular weight is 361 g/mol. The molecule has 5 nitrogen and oxygen atoms in total. The van der Waals surface area contributed by atoms with Gasteiger partial charge < -0.3 is 9.84 Å². The summed E-state index contributed by atoms with van der Waals surface area (Å²) in [6.45, 7) is 5.77. The van der Waals surface area contributed by atoms with Crippen LogP contribution in [0.4, 0.5) is 4.79 Å². The van der Waals surface area contributed by atoms with Crippen LogP contribution in [0.2, 0.25) is 0 Å². The fourth-order valence-electron chi connectivity index (χ4n) is 3.43. The van der Waals surface area contributed by atoms with Gasteiger partial charge in [0.1, 0.15) is 11.1 Å². The summed E-state index contributed by atoms with van der Waals surface area (Å²) >= 11 is 1.60. The summed E-state index contributed by atoms with van der Waals surface area (Å²) in [7, 11) is 0. The van der Waals surface area contributed by atoms with Crippen molar-refractivity contribution in [2.45, 2.75) is 51.2 Å². The second-order valence-corrected chi connectivity index (χ2v) is 8.42. The molecule has 1 unspecified atom stereocenters. The summed E-state index contributed by atoms with van der Waals surface area (Å²) in [5.74, 6) is -0.967. The number of nitrogens with zero attached hydrogens (tertiary/aromatic N) is 1. The molecule has 0 aliphatic carbocycles. The molecule has 0 spiro atoms. The van der Waals surface area contributed by atoms with Crippen LogP contribution in [0.5, 0.6) is 0 Å². The van der Waals surface area contributed by atoms with Crippen LogP contribution in [-0.4, -0.2) is 39.8 Å². The lowest BCUT2D eigenvalue weighted by Crippen LogP contribution is -2.55. The van der Waals surface area contributed by atoms with Crippen molar-refractivity contribution in [3.8, 4) is 0 Å². The molecule has 0 radical (unpaired) electrons. The van der Waals surface area contributed by atoms with Gasteiger partial charge in [-0.15, -0.1) is 11.3 Å². The maximum absolute atomic E-state index is 12.6. The number of likely N-dealkylation sites (tertiary alicyclic amines) is 1. The van der Waals surface area contributed by atoms with Crippen LogP contribution >= 0.6 is 11.3 Å². The van der Waals surface area contributed by atoms with Crippen LogP contribution in [-0.2, 0) is 16.0 Å². The number of hydrogen-bond acceptors (Lipinski definition) is 4. The fourth-order valence-corrected chi connectivity index (χ4v) is 4.39. The van der Waals surface area contributed by atoms with Gasteiger partial charge in [0.15, 0.2) is 0 Å². The number of ether oxygens (including phenoxy) is 1. The molecule has 6 heteroatoms. The van der Waals surface area contributed by atoms with Crippen molar-refractivity contribution in [3.05, 3.63) is 35.2 Å². The third kappa shape index (κ3) is 3.35. The number of aliphatic carboxylic acids is 1. The van der Waals surface area contributed by atoms with E-state index < -0.39 is 23.2 Å². The van der Waals surface area contributed by atoms with Gasteiger partial charge in [0, 0.05) is 17.7 Å². The highest BCUT2D eigenvalue weighted by Gasteiger charge is 2.51. The van der Waals surface area contributed by atoms with Crippen LogP contribution in [0.3, 0.4) is 0 Å². The minimum atomic E-state index is -1.24. The van der Waals surface area contributed by atoms with Crippen molar-refractivity contribution >= 4 is 33.5 Å². The Morgan fingerprint density at radius 3 is 2.72 bits per heavy atom. The Bertz CT molecular complexity index is 807. The normalized spacial score (nSPS) is 20.8. The molecule has 1 aliphatic rings. The number of thiophene rings is 1. The highest BCUT2D eigenvalue weighted by Crippen LogP contribution is 2.37. The van der Waals surface area contributed by atoms with Crippen LogP contribution in [0.25, 0.3) is 10.1 Å². The SMILES string of the molecule is CC(C)(C)OC(=O)N1CCCC1(Cc1csc2ccccc12)C(=O)O. The maximum atomic E-state index is 12.6. The molecule has 1 aliphatic heterocycles. The number of rotatable bonds is 3. The summed E-state index contributed by atoms with van der Waals surface area (Å²) in [5.41, 5.74) is -0.927. The number of fused-ring (bicyclic) bond motifs is 1. The Labute approximate surface area is 151 Å². The highest BCUT2D eigenvalue weighted by atomic mass is 32.1. The summed E-state index contributed by atoms with van der Waals surface area (Å²) in [5, 5.41) is 13.1. The van der Waals surface area contributed by atoms with E-state index in [-0.39, 0.29) is 0 Å². The number of hydrogen-bond donors (Lipinski definition) is 1. The number of carbonyl (C=O) groups is 2. The molecular formula is C19H23NO4S. The van der Waals surface area contributed by atoms with Crippen molar-refractivity contribution in [2.75, 3.05) is 6.54 Å². The van der Waals surface area contributed by atoms with Gasteiger partial charge in [0.05, 0.1) is 0 Å². The summed E-state index contributed by atoms with van der Waals surface area (Å²) in [6, 6.07) is 7.95. The van der Waals surface area contributed by atoms with E-state index in [0.717, 1.165) is 15.6 Å². The first-order valence-electron chi connectivity index (χ1n) is 8.42. The Morgan fingerprint density at radius 1 is 1.32 bits per heavy atom. The van der Waals surface area contributed by atoms with Crippen molar-refractivity contribution in [2.24, 2.45) is 0 Å². The van der Waals surface area contributed by atoms with Gasteiger partial charge in [0.2, 0.25) is 0 Å². The van der Waals surface area contributed by atoms with Gasteiger partial charge in [-0.3, -0.25) is 4.90 Å². The zero-order valence-electron chi connectivity index (χ0n) is 14.7. The van der Waals surface area contributed by atoms with E-state index in [9.17, 15) is 14.7 Å².